The highest BCUT2D eigenvalue weighted by atomic mass is 31.2. The van der Waals surface area contributed by atoms with Crippen LogP contribution in [-0.4, -0.2) is 27.0 Å². The molecule has 3 unspecified atom stereocenters. The minimum atomic E-state index is -4.31. The zero-order valence-electron chi connectivity index (χ0n) is 13.7. The first kappa shape index (κ1) is 19.8. The molecule has 0 aliphatic heterocycles. The van der Waals surface area contributed by atoms with Crippen molar-refractivity contribution in [1.29, 1.82) is 0 Å². The topological polar surface area (TPSA) is 112 Å². The fourth-order valence-corrected chi connectivity index (χ4v) is 5.08. The molecule has 0 fully saturated rings. The summed E-state index contributed by atoms with van der Waals surface area (Å²) in [5.74, 6) is -4.55. The summed E-state index contributed by atoms with van der Waals surface area (Å²) in [7, 11) is -4.31. The summed E-state index contributed by atoms with van der Waals surface area (Å²) in [4.78, 5) is 33.4. The second kappa shape index (κ2) is 8.25. The van der Waals surface area contributed by atoms with E-state index >= 15 is 0 Å². The van der Waals surface area contributed by atoms with Crippen molar-refractivity contribution in [3.8, 4) is 0 Å². The number of carbonyl (C=O) groups is 2. The van der Waals surface area contributed by atoms with Gasteiger partial charge in [-0.15, -0.1) is 0 Å². The fraction of sp³-hybridized carbons (Fsp3) is 0.222. The van der Waals surface area contributed by atoms with E-state index in [9.17, 15) is 28.5 Å². The molecule has 6 nitrogen and oxygen atoms in total. The maximum atomic E-state index is 13.2. The van der Waals surface area contributed by atoms with Crippen molar-refractivity contribution in [1.82, 2.24) is 0 Å². The van der Waals surface area contributed by atoms with Crippen LogP contribution in [0.1, 0.15) is 24.1 Å². The van der Waals surface area contributed by atoms with E-state index in [1.54, 1.807) is 18.2 Å². The first-order valence-corrected chi connectivity index (χ1v) is 9.54. The van der Waals surface area contributed by atoms with E-state index in [1.165, 1.54) is 12.1 Å². The minimum absolute atomic E-state index is 0.0886. The lowest BCUT2D eigenvalue weighted by molar-refractivity contribution is -0.143. The summed E-state index contributed by atoms with van der Waals surface area (Å²) < 4.78 is 26.4. The van der Waals surface area contributed by atoms with Crippen LogP contribution >= 0.6 is 7.37 Å². The molecule has 0 aromatic heterocycles. The quantitative estimate of drug-likeness (QED) is 0.607. The number of hydrogen-bond acceptors (Lipinski definition) is 3. The third-order valence-corrected chi connectivity index (χ3v) is 6.53. The smallest absolute Gasteiger partial charge is 0.307 e. The number of hydrogen-bond donors (Lipinski definition) is 3. The van der Waals surface area contributed by atoms with E-state index in [-0.39, 0.29) is 11.7 Å². The molecular formula is C18H18FO6P. The molecule has 0 saturated carbocycles. The Labute approximate surface area is 149 Å². The molecule has 26 heavy (non-hydrogen) atoms. The van der Waals surface area contributed by atoms with Crippen molar-refractivity contribution in [3.63, 3.8) is 0 Å². The summed E-state index contributed by atoms with van der Waals surface area (Å²) in [6.45, 7) is 0. The first-order valence-electron chi connectivity index (χ1n) is 7.81. The van der Waals surface area contributed by atoms with Gasteiger partial charge in [-0.25, -0.2) is 4.39 Å². The fourth-order valence-electron chi connectivity index (χ4n) is 2.84. The summed E-state index contributed by atoms with van der Waals surface area (Å²) in [6, 6.07) is 12.2. The Kier molecular flexibility index (Phi) is 6.29. The van der Waals surface area contributed by atoms with Gasteiger partial charge in [0.1, 0.15) is 5.82 Å². The van der Waals surface area contributed by atoms with Gasteiger partial charge in [0.15, 0.2) is 0 Å². The molecule has 138 valence electrons. The maximum Gasteiger partial charge on any atom is 0.307 e. The number of carboxylic acids is 2. The Hall–Kier alpha value is -2.50. The average Bonchev–Trinajstić information content (AvgIpc) is 2.59. The van der Waals surface area contributed by atoms with E-state index in [2.05, 4.69) is 0 Å². The SMILES string of the molecule is O=C(O)CCC(C(=O)O)C(c1ccccc1)P(=O)(O)c1ccc(F)cc1. The summed E-state index contributed by atoms with van der Waals surface area (Å²) >= 11 is 0. The van der Waals surface area contributed by atoms with Gasteiger partial charge in [-0.3, -0.25) is 14.2 Å². The van der Waals surface area contributed by atoms with Gasteiger partial charge in [-0.05, 0) is 36.2 Å². The van der Waals surface area contributed by atoms with Crippen molar-refractivity contribution in [2.75, 3.05) is 0 Å². The molecule has 8 heteroatoms. The Morgan fingerprint density at radius 3 is 2.08 bits per heavy atom. The molecule has 3 N–H and O–H groups in total. The van der Waals surface area contributed by atoms with E-state index in [0.717, 1.165) is 24.3 Å². The maximum absolute atomic E-state index is 13.2. The van der Waals surface area contributed by atoms with Gasteiger partial charge in [-0.1, -0.05) is 30.3 Å². The summed E-state index contributed by atoms with van der Waals surface area (Å²) in [5.41, 5.74) is -1.05. The van der Waals surface area contributed by atoms with Crippen molar-refractivity contribution >= 4 is 24.6 Å². The van der Waals surface area contributed by atoms with Crippen LogP contribution in [0.25, 0.3) is 0 Å². The first-order chi connectivity index (χ1) is 12.2. The monoisotopic (exact) mass is 380 g/mol. The third kappa shape index (κ3) is 4.56. The molecule has 2 aromatic rings. The predicted octanol–water partition coefficient (Wildman–Crippen LogP) is 3.03. The number of halogens is 1. The van der Waals surface area contributed by atoms with E-state index < -0.39 is 43.1 Å². The molecule has 0 heterocycles. The van der Waals surface area contributed by atoms with Gasteiger partial charge >= 0.3 is 11.9 Å². The highest BCUT2D eigenvalue weighted by Crippen LogP contribution is 2.59. The number of rotatable bonds is 8. The van der Waals surface area contributed by atoms with Crippen molar-refractivity contribution in [3.05, 3.63) is 66.0 Å². The molecule has 0 saturated heterocycles. The van der Waals surface area contributed by atoms with Crippen LogP contribution in [0.2, 0.25) is 0 Å². The van der Waals surface area contributed by atoms with E-state index in [4.69, 9.17) is 5.11 Å². The molecule has 0 aliphatic carbocycles. The third-order valence-electron chi connectivity index (χ3n) is 4.08. The summed E-state index contributed by atoms with van der Waals surface area (Å²) in [5, 5.41) is 18.4. The number of aliphatic carboxylic acids is 2. The Morgan fingerprint density at radius 1 is 1.00 bits per heavy atom. The zero-order valence-corrected chi connectivity index (χ0v) is 14.6. The largest absolute Gasteiger partial charge is 0.481 e. The lowest BCUT2D eigenvalue weighted by Crippen LogP contribution is -2.26. The Morgan fingerprint density at radius 2 is 1.58 bits per heavy atom. The molecule has 0 bridgehead atoms. The average molecular weight is 380 g/mol. The van der Waals surface area contributed by atoms with Gasteiger partial charge in [-0.2, -0.15) is 0 Å². The van der Waals surface area contributed by atoms with E-state index in [0.29, 0.717) is 5.56 Å². The van der Waals surface area contributed by atoms with Gasteiger partial charge in [0.2, 0.25) is 7.37 Å². The summed E-state index contributed by atoms with van der Waals surface area (Å²) in [6.07, 6.45) is -0.764. The zero-order chi connectivity index (χ0) is 19.3. The van der Waals surface area contributed by atoms with Crippen LogP contribution in [-0.2, 0) is 14.2 Å². The molecule has 0 spiro atoms. The van der Waals surface area contributed by atoms with Gasteiger partial charge in [0.05, 0.1) is 11.6 Å². The molecule has 0 aliphatic rings. The van der Waals surface area contributed by atoms with Crippen LogP contribution < -0.4 is 5.30 Å². The van der Waals surface area contributed by atoms with Gasteiger partial charge in [0.25, 0.3) is 0 Å². The molecular weight excluding hydrogens is 362 g/mol. The van der Waals surface area contributed by atoms with Crippen LogP contribution in [0, 0.1) is 11.7 Å². The van der Waals surface area contributed by atoms with E-state index in [1.807, 2.05) is 0 Å². The predicted molar refractivity (Wildman–Crippen MR) is 93.0 cm³/mol. The number of carboxylic acid groups (broad SMARTS) is 2. The second-order valence-corrected chi connectivity index (χ2v) is 8.15. The van der Waals surface area contributed by atoms with Crippen LogP contribution in [0.4, 0.5) is 4.39 Å². The standard InChI is InChI=1S/C18H18FO6P/c19-13-6-8-14(9-7-13)26(24,25)17(12-4-2-1-3-5-12)15(18(22)23)10-11-16(20)21/h1-9,15,17H,10-11H2,(H,20,21)(H,22,23)(H,24,25). The molecule has 0 radical (unpaired) electrons. The molecule has 2 aromatic carbocycles. The van der Waals surface area contributed by atoms with Crippen molar-refractivity contribution < 1.29 is 33.7 Å². The van der Waals surface area contributed by atoms with Gasteiger partial charge in [0, 0.05) is 11.7 Å². The number of benzene rings is 2. The molecule has 0 amide bonds. The highest BCUT2D eigenvalue weighted by Gasteiger charge is 2.43. The molecule has 3 atom stereocenters. The highest BCUT2D eigenvalue weighted by molar-refractivity contribution is 7.66. The lowest BCUT2D eigenvalue weighted by Gasteiger charge is -2.29. The van der Waals surface area contributed by atoms with Crippen molar-refractivity contribution in [2.24, 2.45) is 5.92 Å². The Bertz CT molecular complexity index is 821. The molecule has 2 rings (SSSR count). The minimum Gasteiger partial charge on any atom is -0.481 e. The van der Waals surface area contributed by atoms with Crippen LogP contribution in [0.3, 0.4) is 0 Å². The van der Waals surface area contributed by atoms with Crippen LogP contribution in [0.15, 0.2) is 54.6 Å². The normalized spacial score (nSPS) is 15.6. The second-order valence-electron chi connectivity index (χ2n) is 5.83. The van der Waals surface area contributed by atoms with Gasteiger partial charge < -0.3 is 15.1 Å². The Balaban J connectivity index is 2.55. The van der Waals surface area contributed by atoms with Crippen LogP contribution in [0.5, 0.6) is 0 Å². The van der Waals surface area contributed by atoms with Crippen molar-refractivity contribution in [2.45, 2.75) is 18.5 Å². The lowest BCUT2D eigenvalue weighted by atomic mass is 9.94.